The van der Waals surface area contributed by atoms with Crippen LogP contribution in [-0.4, -0.2) is 40.9 Å². The van der Waals surface area contributed by atoms with Gasteiger partial charge in [0, 0.05) is 24.1 Å². The largest absolute Gasteiger partial charge is 0.376 e. The van der Waals surface area contributed by atoms with Gasteiger partial charge in [0.2, 0.25) is 5.91 Å². The van der Waals surface area contributed by atoms with Gasteiger partial charge in [-0.25, -0.2) is 9.97 Å². The molecule has 1 amide bonds. The van der Waals surface area contributed by atoms with Crippen LogP contribution >= 0.6 is 23.1 Å². The van der Waals surface area contributed by atoms with E-state index in [1.54, 1.807) is 17.7 Å². The van der Waals surface area contributed by atoms with Gasteiger partial charge in [0.1, 0.15) is 16.2 Å². The summed E-state index contributed by atoms with van der Waals surface area (Å²) in [7, 11) is 0. The van der Waals surface area contributed by atoms with E-state index in [-0.39, 0.29) is 12.0 Å². The average molecular weight is 386 g/mol. The Kier molecular flexibility index (Phi) is 5.48. The molecule has 134 valence electrons. The van der Waals surface area contributed by atoms with Gasteiger partial charge in [0.25, 0.3) is 0 Å². The van der Waals surface area contributed by atoms with Gasteiger partial charge in [-0.15, -0.1) is 11.3 Å². The standard InChI is InChI=1S/C19H19N3O2S2/c23-16(20-9-14-7-4-8-24-14)11-26-19-17-15(13-5-2-1-3-6-13)10-25-18(17)21-12-22-19/h1-3,5-6,10,12,14H,4,7-9,11H2,(H,20,23)/t14-/m0/s1. The van der Waals surface area contributed by atoms with Crippen LogP contribution in [-0.2, 0) is 9.53 Å². The number of carbonyl (C=O) groups is 1. The Balaban J connectivity index is 1.48. The molecule has 1 atom stereocenters. The molecule has 0 bridgehead atoms. The summed E-state index contributed by atoms with van der Waals surface area (Å²) in [6.07, 6.45) is 3.83. The van der Waals surface area contributed by atoms with E-state index in [9.17, 15) is 4.79 Å². The number of hydrogen-bond donors (Lipinski definition) is 1. The lowest BCUT2D eigenvalue weighted by atomic mass is 10.1. The zero-order valence-electron chi connectivity index (χ0n) is 14.2. The molecule has 26 heavy (non-hydrogen) atoms. The van der Waals surface area contributed by atoms with Crippen LogP contribution in [0.4, 0.5) is 0 Å². The molecule has 0 unspecified atom stereocenters. The third-order valence-corrected chi connectivity index (χ3v) is 6.19. The van der Waals surface area contributed by atoms with Crippen molar-refractivity contribution in [1.82, 2.24) is 15.3 Å². The van der Waals surface area contributed by atoms with Gasteiger partial charge >= 0.3 is 0 Å². The molecule has 1 aliphatic heterocycles. The van der Waals surface area contributed by atoms with E-state index < -0.39 is 0 Å². The highest BCUT2D eigenvalue weighted by atomic mass is 32.2. The number of hydrogen-bond acceptors (Lipinski definition) is 6. The van der Waals surface area contributed by atoms with Gasteiger partial charge in [-0.3, -0.25) is 4.79 Å². The topological polar surface area (TPSA) is 64.1 Å². The maximum Gasteiger partial charge on any atom is 0.230 e. The van der Waals surface area contributed by atoms with Crippen molar-refractivity contribution in [3.8, 4) is 11.1 Å². The van der Waals surface area contributed by atoms with E-state index in [1.165, 1.54) is 11.8 Å². The van der Waals surface area contributed by atoms with Gasteiger partial charge < -0.3 is 10.1 Å². The molecule has 1 fully saturated rings. The van der Waals surface area contributed by atoms with Crippen molar-refractivity contribution in [1.29, 1.82) is 0 Å². The van der Waals surface area contributed by atoms with Gasteiger partial charge in [-0.2, -0.15) is 0 Å². The first-order valence-electron chi connectivity index (χ1n) is 8.60. The summed E-state index contributed by atoms with van der Waals surface area (Å²) in [4.78, 5) is 21.9. The molecule has 0 radical (unpaired) electrons. The Morgan fingerprint density at radius 2 is 2.19 bits per heavy atom. The number of amides is 1. The summed E-state index contributed by atoms with van der Waals surface area (Å²) >= 11 is 3.06. The van der Waals surface area contributed by atoms with Gasteiger partial charge in [-0.05, 0) is 18.4 Å². The molecule has 1 aromatic carbocycles. The third kappa shape index (κ3) is 3.90. The van der Waals surface area contributed by atoms with Crippen LogP contribution in [0.2, 0.25) is 0 Å². The Morgan fingerprint density at radius 1 is 1.31 bits per heavy atom. The van der Waals surface area contributed by atoms with E-state index in [1.807, 2.05) is 18.2 Å². The number of aromatic nitrogens is 2. The smallest absolute Gasteiger partial charge is 0.230 e. The lowest BCUT2D eigenvalue weighted by Crippen LogP contribution is -2.32. The van der Waals surface area contributed by atoms with Crippen LogP contribution in [0.1, 0.15) is 12.8 Å². The first-order valence-corrected chi connectivity index (χ1v) is 10.5. The summed E-state index contributed by atoms with van der Waals surface area (Å²) < 4.78 is 5.54. The number of nitrogens with zero attached hydrogens (tertiary/aromatic N) is 2. The first kappa shape index (κ1) is 17.5. The highest BCUT2D eigenvalue weighted by molar-refractivity contribution is 8.00. The van der Waals surface area contributed by atoms with Crippen molar-refractivity contribution in [3.05, 3.63) is 42.0 Å². The molecule has 0 aliphatic carbocycles. The van der Waals surface area contributed by atoms with Crippen LogP contribution in [0.5, 0.6) is 0 Å². The highest BCUT2D eigenvalue weighted by Gasteiger charge is 2.17. The van der Waals surface area contributed by atoms with E-state index in [0.29, 0.717) is 12.3 Å². The number of fused-ring (bicyclic) bond motifs is 1. The number of ether oxygens (including phenoxy) is 1. The fraction of sp³-hybridized carbons (Fsp3) is 0.316. The van der Waals surface area contributed by atoms with Crippen LogP contribution in [0.25, 0.3) is 21.3 Å². The molecule has 7 heteroatoms. The predicted octanol–water partition coefficient (Wildman–Crippen LogP) is 3.75. The van der Waals surface area contributed by atoms with Gasteiger partial charge in [0.15, 0.2) is 0 Å². The number of thioether (sulfide) groups is 1. The summed E-state index contributed by atoms with van der Waals surface area (Å²) in [6, 6.07) is 10.2. The quantitative estimate of drug-likeness (QED) is 0.517. The lowest BCUT2D eigenvalue weighted by molar-refractivity contribution is -0.119. The SMILES string of the molecule is O=C(CSc1ncnc2scc(-c3ccccc3)c12)NC[C@@H]1CCCO1. The highest BCUT2D eigenvalue weighted by Crippen LogP contribution is 2.37. The molecule has 3 heterocycles. The molecule has 4 rings (SSSR count). The lowest BCUT2D eigenvalue weighted by Gasteiger charge is -2.10. The second kappa shape index (κ2) is 8.16. The fourth-order valence-corrected chi connectivity index (χ4v) is 4.83. The van der Waals surface area contributed by atoms with Crippen LogP contribution in [0.3, 0.4) is 0 Å². The van der Waals surface area contributed by atoms with Crippen molar-refractivity contribution >= 4 is 39.2 Å². The van der Waals surface area contributed by atoms with Crippen molar-refractivity contribution in [2.45, 2.75) is 24.0 Å². The molecule has 0 saturated carbocycles. The molecule has 3 aromatic rings. The van der Waals surface area contributed by atoms with Crippen LogP contribution in [0.15, 0.2) is 47.1 Å². The number of rotatable bonds is 6. The normalized spacial score (nSPS) is 16.8. The molecule has 0 spiro atoms. The Hall–Kier alpha value is -1.96. The summed E-state index contributed by atoms with van der Waals surface area (Å²) in [5.74, 6) is 0.344. The molecule has 1 saturated heterocycles. The number of carbonyl (C=O) groups excluding carboxylic acids is 1. The molecule has 2 aromatic heterocycles. The van der Waals surface area contributed by atoms with E-state index >= 15 is 0 Å². The molecule has 1 N–H and O–H groups in total. The van der Waals surface area contributed by atoms with Crippen LogP contribution < -0.4 is 5.32 Å². The Morgan fingerprint density at radius 3 is 3.00 bits per heavy atom. The predicted molar refractivity (Wildman–Crippen MR) is 106 cm³/mol. The summed E-state index contributed by atoms with van der Waals surface area (Å²) in [5.41, 5.74) is 2.26. The maximum absolute atomic E-state index is 12.2. The first-order chi connectivity index (χ1) is 12.8. The Labute approximate surface area is 160 Å². The molecular formula is C19H19N3O2S2. The minimum Gasteiger partial charge on any atom is -0.376 e. The van der Waals surface area contributed by atoms with Crippen molar-refractivity contribution in [3.63, 3.8) is 0 Å². The minimum atomic E-state index is 0.00810. The van der Waals surface area contributed by atoms with Gasteiger partial charge in [0.05, 0.1) is 17.2 Å². The Bertz CT molecular complexity index is 892. The molecule has 5 nitrogen and oxygen atoms in total. The van der Waals surface area contributed by atoms with Crippen molar-refractivity contribution in [2.24, 2.45) is 0 Å². The number of benzene rings is 1. The third-order valence-electron chi connectivity index (χ3n) is 4.31. The van der Waals surface area contributed by atoms with E-state index in [4.69, 9.17) is 4.74 Å². The fourth-order valence-electron chi connectivity index (χ4n) is 3.01. The van der Waals surface area contributed by atoms with E-state index in [2.05, 4.69) is 32.8 Å². The second-order valence-electron chi connectivity index (χ2n) is 6.10. The summed E-state index contributed by atoms with van der Waals surface area (Å²) in [5, 5.41) is 6.94. The zero-order chi connectivity index (χ0) is 17.8. The summed E-state index contributed by atoms with van der Waals surface area (Å²) in [6.45, 7) is 1.39. The molecule has 1 aliphatic rings. The monoisotopic (exact) mass is 385 g/mol. The average Bonchev–Trinajstić information content (AvgIpc) is 3.35. The number of thiophene rings is 1. The minimum absolute atomic E-state index is 0.00810. The van der Waals surface area contributed by atoms with E-state index in [0.717, 1.165) is 45.8 Å². The number of nitrogens with one attached hydrogen (secondary N) is 1. The second-order valence-corrected chi connectivity index (χ2v) is 7.92. The van der Waals surface area contributed by atoms with Crippen LogP contribution in [0, 0.1) is 0 Å². The van der Waals surface area contributed by atoms with Gasteiger partial charge in [-0.1, -0.05) is 42.1 Å². The van der Waals surface area contributed by atoms with Crippen molar-refractivity contribution < 1.29 is 9.53 Å². The molecular weight excluding hydrogens is 366 g/mol. The van der Waals surface area contributed by atoms with Crippen molar-refractivity contribution in [2.75, 3.05) is 18.9 Å². The maximum atomic E-state index is 12.2. The zero-order valence-corrected chi connectivity index (χ0v) is 15.8.